The normalized spacial score (nSPS) is 19.4. The molecule has 1 aliphatic heterocycles. The van der Waals surface area contributed by atoms with E-state index in [0.717, 1.165) is 6.42 Å². The monoisotopic (exact) mass is 301 g/mol. The van der Waals surface area contributed by atoms with Crippen LogP contribution in [0.3, 0.4) is 0 Å². The fourth-order valence-corrected chi connectivity index (χ4v) is 2.24. The van der Waals surface area contributed by atoms with Crippen LogP contribution in [-0.2, 0) is 4.79 Å². The summed E-state index contributed by atoms with van der Waals surface area (Å²) in [4.78, 5) is 21.1. The zero-order chi connectivity index (χ0) is 12.4. The van der Waals surface area contributed by atoms with Crippen molar-refractivity contribution in [1.82, 2.24) is 9.97 Å². The molecule has 0 aromatic carbocycles. The zero-order valence-electron chi connectivity index (χ0n) is 9.26. The molecule has 2 heterocycles. The van der Waals surface area contributed by atoms with Gasteiger partial charge in [-0.1, -0.05) is 0 Å². The number of hydrogen-bond acceptors (Lipinski definition) is 5. The van der Waals surface area contributed by atoms with Crippen molar-refractivity contribution in [3.63, 3.8) is 0 Å². The molecule has 1 aromatic heterocycles. The Morgan fingerprint density at radius 2 is 2.47 bits per heavy atom. The van der Waals surface area contributed by atoms with Crippen LogP contribution in [-0.4, -0.2) is 40.7 Å². The Labute approximate surface area is 107 Å². The highest BCUT2D eigenvalue weighted by atomic mass is 79.9. The molecule has 1 aliphatic rings. The average Bonchev–Trinajstić information content (AvgIpc) is 2.78. The first-order valence-electron chi connectivity index (χ1n) is 5.19. The lowest BCUT2D eigenvalue weighted by Crippen LogP contribution is -2.37. The quantitative estimate of drug-likeness (QED) is 0.907. The van der Waals surface area contributed by atoms with E-state index in [1.54, 1.807) is 11.1 Å². The van der Waals surface area contributed by atoms with E-state index in [4.69, 9.17) is 9.84 Å². The van der Waals surface area contributed by atoms with Gasteiger partial charge in [-0.2, -0.15) is 4.98 Å². The van der Waals surface area contributed by atoms with Gasteiger partial charge in [0, 0.05) is 6.54 Å². The zero-order valence-corrected chi connectivity index (χ0v) is 10.8. The van der Waals surface area contributed by atoms with Crippen LogP contribution in [0.15, 0.2) is 10.7 Å². The van der Waals surface area contributed by atoms with Crippen molar-refractivity contribution in [2.75, 3.05) is 18.6 Å². The third kappa shape index (κ3) is 2.33. The van der Waals surface area contributed by atoms with E-state index in [-0.39, 0.29) is 0 Å². The first kappa shape index (κ1) is 12.1. The molecule has 17 heavy (non-hydrogen) atoms. The van der Waals surface area contributed by atoms with Gasteiger partial charge < -0.3 is 14.7 Å². The van der Waals surface area contributed by atoms with Crippen LogP contribution in [0.4, 0.5) is 5.95 Å². The summed E-state index contributed by atoms with van der Waals surface area (Å²) in [6.07, 6.45) is 3.02. The molecule has 1 aromatic rings. The van der Waals surface area contributed by atoms with Gasteiger partial charge in [0.15, 0.2) is 0 Å². The number of ether oxygens (including phenoxy) is 1. The molecular formula is C10H12BrN3O3. The molecule has 1 N–H and O–H groups in total. The van der Waals surface area contributed by atoms with E-state index in [0.29, 0.717) is 29.3 Å². The summed E-state index contributed by atoms with van der Waals surface area (Å²) in [6, 6.07) is -0.541. The molecule has 0 bridgehead atoms. The lowest BCUT2D eigenvalue weighted by molar-refractivity contribution is -0.138. The van der Waals surface area contributed by atoms with Crippen LogP contribution in [0.2, 0.25) is 0 Å². The van der Waals surface area contributed by atoms with E-state index in [2.05, 4.69) is 25.9 Å². The van der Waals surface area contributed by atoms with Crippen molar-refractivity contribution in [2.45, 2.75) is 18.9 Å². The molecule has 0 radical (unpaired) electrons. The summed E-state index contributed by atoms with van der Waals surface area (Å²) in [5.74, 6) is -0.0334. The second-order valence-electron chi connectivity index (χ2n) is 3.72. The van der Waals surface area contributed by atoms with Gasteiger partial charge >= 0.3 is 5.97 Å². The van der Waals surface area contributed by atoms with Crippen LogP contribution in [0.1, 0.15) is 12.8 Å². The number of aromatic nitrogens is 2. The van der Waals surface area contributed by atoms with Gasteiger partial charge in [0.1, 0.15) is 6.04 Å². The molecule has 2 rings (SSSR count). The summed E-state index contributed by atoms with van der Waals surface area (Å²) >= 11 is 3.26. The van der Waals surface area contributed by atoms with Crippen LogP contribution < -0.4 is 9.64 Å². The Hall–Kier alpha value is -1.37. The fraction of sp³-hybridized carbons (Fsp3) is 0.500. The maximum atomic E-state index is 11.1. The predicted octanol–water partition coefficient (Wildman–Crippen LogP) is 1.30. The maximum Gasteiger partial charge on any atom is 0.326 e. The van der Waals surface area contributed by atoms with Gasteiger partial charge in [0.25, 0.3) is 0 Å². The molecule has 0 spiro atoms. The summed E-state index contributed by atoms with van der Waals surface area (Å²) in [5.41, 5.74) is 0. The number of carboxylic acid groups (broad SMARTS) is 1. The third-order valence-corrected chi connectivity index (χ3v) is 3.23. The second-order valence-corrected chi connectivity index (χ2v) is 4.57. The Morgan fingerprint density at radius 3 is 3.12 bits per heavy atom. The first-order valence-corrected chi connectivity index (χ1v) is 5.98. The van der Waals surface area contributed by atoms with Crippen LogP contribution >= 0.6 is 15.9 Å². The standard InChI is InChI=1S/C10H12BrN3O3/c1-17-8-6(11)5-12-10(13-8)14-4-2-3-7(14)9(15)16/h5,7H,2-4H2,1H3,(H,15,16)/t7-/m1/s1. The maximum absolute atomic E-state index is 11.1. The lowest BCUT2D eigenvalue weighted by atomic mass is 10.2. The first-order chi connectivity index (χ1) is 8.13. The summed E-state index contributed by atoms with van der Waals surface area (Å²) < 4.78 is 5.72. The third-order valence-electron chi connectivity index (χ3n) is 2.69. The van der Waals surface area contributed by atoms with Crippen molar-refractivity contribution in [1.29, 1.82) is 0 Å². The summed E-state index contributed by atoms with van der Waals surface area (Å²) in [6.45, 7) is 0.655. The minimum Gasteiger partial charge on any atom is -0.480 e. The van der Waals surface area contributed by atoms with Gasteiger partial charge in [-0.25, -0.2) is 9.78 Å². The number of aliphatic carboxylic acids is 1. The average molecular weight is 302 g/mol. The lowest BCUT2D eigenvalue weighted by Gasteiger charge is -2.21. The van der Waals surface area contributed by atoms with Crippen molar-refractivity contribution < 1.29 is 14.6 Å². The van der Waals surface area contributed by atoms with Gasteiger partial charge in [0.05, 0.1) is 17.8 Å². The van der Waals surface area contributed by atoms with Crippen molar-refractivity contribution in [3.8, 4) is 5.88 Å². The SMILES string of the molecule is COc1nc(N2CCC[C@@H]2C(=O)O)ncc1Br. The van der Waals surface area contributed by atoms with Crippen LogP contribution in [0.25, 0.3) is 0 Å². The molecule has 6 nitrogen and oxygen atoms in total. The van der Waals surface area contributed by atoms with Crippen molar-refractivity contribution in [3.05, 3.63) is 10.7 Å². The topological polar surface area (TPSA) is 75.5 Å². The largest absolute Gasteiger partial charge is 0.480 e. The number of rotatable bonds is 3. The smallest absolute Gasteiger partial charge is 0.326 e. The Kier molecular flexibility index (Phi) is 3.46. The van der Waals surface area contributed by atoms with E-state index in [9.17, 15) is 4.79 Å². The number of anilines is 1. The highest BCUT2D eigenvalue weighted by Gasteiger charge is 2.32. The van der Waals surface area contributed by atoms with Gasteiger partial charge in [0.2, 0.25) is 11.8 Å². The molecule has 0 amide bonds. The number of hydrogen-bond donors (Lipinski definition) is 1. The molecule has 1 saturated heterocycles. The number of methoxy groups -OCH3 is 1. The van der Waals surface area contributed by atoms with Crippen molar-refractivity contribution in [2.24, 2.45) is 0 Å². The Bertz CT molecular complexity index is 441. The summed E-state index contributed by atoms with van der Waals surface area (Å²) in [5, 5.41) is 9.09. The van der Waals surface area contributed by atoms with Crippen LogP contribution in [0.5, 0.6) is 5.88 Å². The second kappa shape index (κ2) is 4.87. The molecule has 7 heteroatoms. The van der Waals surface area contributed by atoms with Crippen LogP contribution in [0, 0.1) is 0 Å². The van der Waals surface area contributed by atoms with Gasteiger partial charge in [-0.3, -0.25) is 0 Å². The van der Waals surface area contributed by atoms with E-state index in [1.807, 2.05) is 0 Å². The van der Waals surface area contributed by atoms with Gasteiger partial charge in [-0.05, 0) is 28.8 Å². The Balaban J connectivity index is 2.30. The number of nitrogens with zero attached hydrogens (tertiary/aromatic N) is 3. The minimum absolute atomic E-state index is 0.398. The number of carbonyl (C=O) groups is 1. The molecule has 1 atom stereocenters. The predicted molar refractivity (Wildman–Crippen MR) is 64.3 cm³/mol. The highest BCUT2D eigenvalue weighted by Crippen LogP contribution is 2.27. The molecule has 1 fully saturated rings. The highest BCUT2D eigenvalue weighted by molar-refractivity contribution is 9.10. The van der Waals surface area contributed by atoms with Gasteiger partial charge in [-0.15, -0.1) is 0 Å². The van der Waals surface area contributed by atoms with E-state index >= 15 is 0 Å². The van der Waals surface area contributed by atoms with Crippen molar-refractivity contribution >= 4 is 27.8 Å². The molecule has 0 saturated carbocycles. The molecule has 0 aliphatic carbocycles. The summed E-state index contributed by atoms with van der Waals surface area (Å²) in [7, 11) is 1.51. The van der Waals surface area contributed by atoms with E-state index < -0.39 is 12.0 Å². The molecular weight excluding hydrogens is 290 g/mol. The fourth-order valence-electron chi connectivity index (χ4n) is 1.89. The molecule has 92 valence electrons. The van der Waals surface area contributed by atoms with E-state index in [1.165, 1.54) is 7.11 Å². The Morgan fingerprint density at radius 1 is 1.71 bits per heavy atom. The minimum atomic E-state index is -0.840. The molecule has 0 unspecified atom stereocenters. The number of halogens is 1. The number of carboxylic acids is 1.